The molecule has 3 rings (SSSR count). The highest BCUT2D eigenvalue weighted by Crippen LogP contribution is 2.25. The maximum atomic E-state index is 13.6. The Morgan fingerprint density at radius 1 is 1.19 bits per heavy atom. The van der Waals surface area contributed by atoms with Gasteiger partial charge in [0.2, 0.25) is 0 Å². The first-order valence-corrected chi connectivity index (χ1v) is 8.25. The van der Waals surface area contributed by atoms with Crippen LogP contribution in [-0.2, 0) is 6.54 Å². The number of rotatable bonds is 6. The zero-order valence-corrected chi connectivity index (χ0v) is 12.9. The Balaban J connectivity index is 1.66. The van der Waals surface area contributed by atoms with Crippen molar-refractivity contribution in [1.82, 2.24) is 10.2 Å². The van der Waals surface area contributed by atoms with E-state index < -0.39 is 0 Å². The van der Waals surface area contributed by atoms with E-state index >= 15 is 0 Å². The van der Waals surface area contributed by atoms with Gasteiger partial charge in [0.15, 0.2) is 0 Å². The molecular formula is C17H26FN3. The SMILES string of the molecule is CCCN1CCN(c2ccc(F)cc2CNC2CC2)CC1. The van der Waals surface area contributed by atoms with Gasteiger partial charge in [0.1, 0.15) is 5.82 Å². The van der Waals surface area contributed by atoms with Crippen LogP contribution in [0.1, 0.15) is 31.7 Å². The van der Waals surface area contributed by atoms with Crippen molar-refractivity contribution in [2.24, 2.45) is 0 Å². The fourth-order valence-corrected chi connectivity index (χ4v) is 3.07. The van der Waals surface area contributed by atoms with Gasteiger partial charge in [0.25, 0.3) is 0 Å². The molecule has 2 aliphatic rings. The molecule has 116 valence electrons. The second-order valence-electron chi connectivity index (χ2n) is 6.26. The Morgan fingerprint density at radius 3 is 2.62 bits per heavy atom. The molecule has 0 radical (unpaired) electrons. The lowest BCUT2D eigenvalue weighted by Crippen LogP contribution is -2.47. The average Bonchev–Trinajstić information content (AvgIpc) is 3.31. The van der Waals surface area contributed by atoms with Crippen molar-refractivity contribution in [3.8, 4) is 0 Å². The molecule has 3 nitrogen and oxygen atoms in total. The van der Waals surface area contributed by atoms with E-state index in [2.05, 4.69) is 22.0 Å². The summed E-state index contributed by atoms with van der Waals surface area (Å²) in [5.74, 6) is -0.129. The molecule has 1 saturated heterocycles. The highest BCUT2D eigenvalue weighted by atomic mass is 19.1. The quantitative estimate of drug-likeness (QED) is 0.869. The van der Waals surface area contributed by atoms with E-state index in [-0.39, 0.29) is 5.82 Å². The summed E-state index contributed by atoms with van der Waals surface area (Å²) in [6.07, 6.45) is 3.74. The van der Waals surface area contributed by atoms with E-state index in [9.17, 15) is 4.39 Å². The van der Waals surface area contributed by atoms with Crippen molar-refractivity contribution in [3.63, 3.8) is 0 Å². The van der Waals surface area contributed by atoms with Crippen LogP contribution in [0.4, 0.5) is 10.1 Å². The van der Waals surface area contributed by atoms with Gasteiger partial charge in [-0.3, -0.25) is 4.90 Å². The summed E-state index contributed by atoms with van der Waals surface area (Å²) in [6, 6.07) is 5.90. The lowest BCUT2D eigenvalue weighted by Gasteiger charge is -2.37. The Morgan fingerprint density at radius 2 is 1.95 bits per heavy atom. The molecule has 0 amide bonds. The van der Waals surface area contributed by atoms with E-state index in [1.54, 1.807) is 12.1 Å². The lowest BCUT2D eigenvalue weighted by molar-refractivity contribution is 0.258. The van der Waals surface area contributed by atoms with E-state index in [0.29, 0.717) is 6.04 Å². The summed E-state index contributed by atoms with van der Waals surface area (Å²) in [7, 11) is 0. The summed E-state index contributed by atoms with van der Waals surface area (Å²) >= 11 is 0. The van der Waals surface area contributed by atoms with Crippen LogP contribution in [0.5, 0.6) is 0 Å². The number of hydrogen-bond acceptors (Lipinski definition) is 3. The van der Waals surface area contributed by atoms with E-state index in [4.69, 9.17) is 0 Å². The number of hydrogen-bond donors (Lipinski definition) is 1. The summed E-state index contributed by atoms with van der Waals surface area (Å²) in [5.41, 5.74) is 2.31. The van der Waals surface area contributed by atoms with Gasteiger partial charge in [0, 0.05) is 44.5 Å². The fraction of sp³-hybridized carbons (Fsp3) is 0.647. The number of piperazine rings is 1. The van der Waals surface area contributed by atoms with Crippen LogP contribution in [0.3, 0.4) is 0 Å². The van der Waals surface area contributed by atoms with Gasteiger partial charge in [-0.2, -0.15) is 0 Å². The van der Waals surface area contributed by atoms with Gasteiger partial charge in [0.05, 0.1) is 0 Å². The highest BCUT2D eigenvalue weighted by molar-refractivity contribution is 5.54. The zero-order valence-electron chi connectivity index (χ0n) is 12.9. The van der Waals surface area contributed by atoms with Gasteiger partial charge < -0.3 is 10.2 Å². The number of benzene rings is 1. The van der Waals surface area contributed by atoms with Crippen LogP contribution in [0.2, 0.25) is 0 Å². The number of halogens is 1. The minimum atomic E-state index is -0.129. The molecule has 0 bridgehead atoms. The Bertz CT molecular complexity index is 465. The van der Waals surface area contributed by atoms with Crippen molar-refractivity contribution in [2.75, 3.05) is 37.6 Å². The molecule has 0 atom stereocenters. The first kappa shape index (κ1) is 14.8. The number of nitrogens with one attached hydrogen (secondary N) is 1. The Labute approximate surface area is 127 Å². The van der Waals surface area contributed by atoms with Gasteiger partial charge in [-0.25, -0.2) is 4.39 Å². The van der Waals surface area contributed by atoms with E-state index in [1.165, 1.54) is 31.5 Å². The van der Waals surface area contributed by atoms with E-state index in [1.807, 2.05) is 6.07 Å². The molecular weight excluding hydrogens is 265 g/mol. The van der Waals surface area contributed by atoms with Crippen molar-refractivity contribution in [3.05, 3.63) is 29.6 Å². The van der Waals surface area contributed by atoms with Crippen molar-refractivity contribution in [1.29, 1.82) is 0 Å². The average molecular weight is 291 g/mol. The maximum absolute atomic E-state index is 13.6. The summed E-state index contributed by atoms with van der Waals surface area (Å²) < 4.78 is 13.6. The standard InChI is InChI=1S/C17H26FN3/c1-2-7-20-8-10-21(11-9-20)17-6-3-15(18)12-14(17)13-19-16-4-5-16/h3,6,12,16,19H,2,4-5,7-11,13H2,1H3. The van der Waals surface area contributed by atoms with Gasteiger partial charge in [-0.05, 0) is 49.6 Å². The van der Waals surface area contributed by atoms with Crippen LogP contribution in [0, 0.1) is 5.82 Å². The lowest BCUT2D eigenvalue weighted by atomic mass is 10.1. The zero-order chi connectivity index (χ0) is 14.7. The van der Waals surface area contributed by atoms with Crippen molar-refractivity contribution >= 4 is 5.69 Å². The topological polar surface area (TPSA) is 18.5 Å². The molecule has 1 N–H and O–H groups in total. The minimum Gasteiger partial charge on any atom is -0.369 e. The van der Waals surface area contributed by atoms with Gasteiger partial charge >= 0.3 is 0 Å². The van der Waals surface area contributed by atoms with Gasteiger partial charge in [-0.1, -0.05) is 6.92 Å². The molecule has 1 aromatic carbocycles. The van der Waals surface area contributed by atoms with Crippen LogP contribution < -0.4 is 10.2 Å². The molecule has 1 aliphatic heterocycles. The second kappa shape index (κ2) is 6.75. The molecule has 2 fully saturated rings. The first-order chi connectivity index (χ1) is 10.3. The second-order valence-corrected chi connectivity index (χ2v) is 6.26. The third-order valence-electron chi connectivity index (χ3n) is 4.45. The molecule has 21 heavy (non-hydrogen) atoms. The minimum absolute atomic E-state index is 0.129. The first-order valence-electron chi connectivity index (χ1n) is 8.25. The Hall–Kier alpha value is -1.13. The maximum Gasteiger partial charge on any atom is 0.123 e. The van der Waals surface area contributed by atoms with Crippen LogP contribution in [0.15, 0.2) is 18.2 Å². The molecule has 0 spiro atoms. The fourth-order valence-electron chi connectivity index (χ4n) is 3.07. The number of anilines is 1. The van der Waals surface area contributed by atoms with Crippen molar-refractivity contribution < 1.29 is 4.39 Å². The van der Waals surface area contributed by atoms with Crippen LogP contribution >= 0.6 is 0 Å². The number of nitrogens with zero attached hydrogens (tertiary/aromatic N) is 2. The monoisotopic (exact) mass is 291 g/mol. The molecule has 1 heterocycles. The molecule has 0 unspecified atom stereocenters. The molecule has 1 aromatic rings. The molecule has 0 aromatic heterocycles. The smallest absolute Gasteiger partial charge is 0.123 e. The van der Waals surface area contributed by atoms with Crippen molar-refractivity contribution in [2.45, 2.75) is 38.8 Å². The summed E-state index contributed by atoms with van der Waals surface area (Å²) in [4.78, 5) is 4.93. The summed E-state index contributed by atoms with van der Waals surface area (Å²) in [6.45, 7) is 8.51. The summed E-state index contributed by atoms with van der Waals surface area (Å²) in [5, 5.41) is 3.50. The normalized spacial score (nSPS) is 20.0. The van der Waals surface area contributed by atoms with Crippen LogP contribution in [-0.4, -0.2) is 43.7 Å². The third-order valence-corrected chi connectivity index (χ3v) is 4.45. The predicted molar refractivity (Wildman–Crippen MR) is 85.2 cm³/mol. The van der Waals surface area contributed by atoms with E-state index in [0.717, 1.165) is 38.3 Å². The Kier molecular flexibility index (Phi) is 4.76. The van der Waals surface area contributed by atoms with Gasteiger partial charge in [-0.15, -0.1) is 0 Å². The molecule has 1 saturated carbocycles. The third kappa shape index (κ3) is 3.95. The predicted octanol–water partition coefficient (Wildman–Crippen LogP) is 2.61. The molecule has 4 heteroatoms. The van der Waals surface area contributed by atoms with Crippen LogP contribution in [0.25, 0.3) is 0 Å². The molecule has 1 aliphatic carbocycles. The highest BCUT2D eigenvalue weighted by Gasteiger charge is 2.22. The largest absolute Gasteiger partial charge is 0.369 e.